The standard InChI is InChI=1S/C35H40N6O8S2/c1-34(2,3)49-29(42)15-17-40(20-23-9-7-6-8-10-23)51(45,46)24-11-13-27-25(19-24)35(16-18-39(21-35)33(44)48-5)22-41(27)32(43)38-31-36-26-12-14-28(47-4)37-30(26)50-31/h6-14,19H,15-18,20-22H2,1-5H3,(H,36,38,43)/t35-/m1/s1. The van der Waals surface area contributed by atoms with E-state index < -0.39 is 39.1 Å². The fourth-order valence-corrected chi connectivity index (χ4v) is 8.73. The van der Waals surface area contributed by atoms with Crippen LogP contribution in [0.1, 0.15) is 44.7 Å². The van der Waals surface area contributed by atoms with Crippen molar-refractivity contribution in [2.75, 3.05) is 50.6 Å². The Morgan fingerprint density at radius 1 is 1.02 bits per heavy atom. The predicted molar refractivity (Wildman–Crippen MR) is 192 cm³/mol. The third kappa shape index (κ3) is 7.62. The van der Waals surface area contributed by atoms with Gasteiger partial charge in [0, 0.05) is 49.9 Å². The van der Waals surface area contributed by atoms with Crippen LogP contribution in [0.4, 0.5) is 20.4 Å². The number of nitrogens with one attached hydrogen (secondary N) is 1. The van der Waals surface area contributed by atoms with Gasteiger partial charge in [-0.1, -0.05) is 41.7 Å². The van der Waals surface area contributed by atoms with Crippen LogP contribution >= 0.6 is 11.3 Å². The topological polar surface area (TPSA) is 161 Å². The maximum absolute atomic E-state index is 14.4. The summed E-state index contributed by atoms with van der Waals surface area (Å²) in [6.45, 7) is 5.96. The third-order valence-corrected chi connectivity index (χ3v) is 11.5. The number of anilines is 2. The molecule has 4 heterocycles. The summed E-state index contributed by atoms with van der Waals surface area (Å²) in [4.78, 5) is 51.8. The van der Waals surface area contributed by atoms with Crippen LogP contribution < -0.4 is 15.0 Å². The lowest BCUT2D eigenvalue weighted by Gasteiger charge is -2.26. The number of hydrogen-bond acceptors (Lipinski definition) is 11. The first-order chi connectivity index (χ1) is 24.2. The smallest absolute Gasteiger partial charge is 0.409 e. The van der Waals surface area contributed by atoms with Crippen molar-refractivity contribution in [1.82, 2.24) is 19.2 Å². The van der Waals surface area contributed by atoms with Crippen molar-refractivity contribution in [3.05, 3.63) is 71.8 Å². The lowest BCUT2D eigenvalue weighted by molar-refractivity contribution is -0.154. The number of esters is 1. The molecule has 1 saturated heterocycles. The molecule has 1 fully saturated rings. The molecule has 2 aromatic carbocycles. The number of likely N-dealkylation sites (tertiary alicyclic amines) is 1. The summed E-state index contributed by atoms with van der Waals surface area (Å²) in [6, 6.07) is 16.8. The molecule has 2 aromatic heterocycles. The molecule has 1 spiro atoms. The Bertz CT molecular complexity index is 2070. The summed E-state index contributed by atoms with van der Waals surface area (Å²) in [5.74, 6) is -0.0870. The highest BCUT2D eigenvalue weighted by atomic mass is 32.2. The number of aromatic nitrogens is 2. The number of hydrogen-bond donors (Lipinski definition) is 1. The van der Waals surface area contributed by atoms with Gasteiger partial charge in [0.1, 0.15) is 15.9 Å². The zero-order chi connectivity index (χ0) is 36.6. The molecule has 1 N–H and O–H groups in total. The lowest BCUT2D eigenvalue weighted by Crippen LogP contribution is -2.41. The van der Waals surface area contributed by atoms with Crippen LogP contribution in [0, 0.1) is 0 Å². The first-order valence-corrected chi connectivity index (χ1v) is 18.6. The van der Waals surface area contributed by atoms with E-state index in [9.17, 15) is 22.8 Å². The van der Waals surface area contributed by atoms with Gasteiger partial charge in [0.2, 0.25) is 15.9 Å². The van der Waals surface area contributed by atoms with E-state index in [1.807, 2.05) is 30.3 Å². The number of rotatable bonds is 9. The van der Waals surface area contributed by atoms with E-state index in [-0.39, 0.29) is 37.5 Å². The van der Waals surface area contributed by atoms with Crippen LogP contribution in [0.5, 0.6) is 5.88 Å². The highest BCUT2D eigenvalue weighted by molar-refractivity contribution is 7.89. The molecule has 6 rings (SSSR count). The molecule has 2 aliphatic rings. The third-order valence-electron chi connectivity index (χ3n) is 8.80. The van der Waals surface area contributed by atoms with E-state index in [4.69, 9.17) is 14.2 Å². The number of carbonyl (C=O) groups excluding carboxylic acids is 3. The fourth-order valence-electron chi connectivity index (χ4n) is 6.45. The second kappa shape index (κ2) is 14.1. The Morgan fingerprint density at radius 3 is 2.49 bits per heavy atom. The van der Waals surface area contributed by atoms with Crippen LogP contribution in [-0.4, -0.2) is 91.7 Å². The number of amides is 3. The predicted octanol–water partition coefficient (Wildman–Crippen LogP) is 5.38. The van der Waals surface area contributed by atoms with Gasteiger partial charge < -0.3 is 19.1 Å². The van der Waals surface area contributed by atoms with Gasteiger partial charge in [0.05, 0.1) is 25.5 Å². The number of fused-ring (bicyclic) bond motifs is 3. The minimum Gasteiger partial charge on any atom is -0.481 e. The van der Waals surface area contributed by atoms with Crippen molar-refractivity contribution >= 4 is 60.6 Å². The number of benzene rings is 2. The zero-order valence-electron chi connectivity index (χ0n) is 29.0. The number of thiazole rings is 1. The number of methoxy groups -OCH3 is 2. The van der Waals surface area contributed by atoms with Gasteiger partial charge >= 0.3 is 18.1 Å². The average molecular weight is 737 g/mol. The van der Waals surface area contributed by atoms with Crippen LogP contribution in [0.25, 0.3) is 10.3 Å². The van der Waals surface area contributed by atoms with E-state index in [0.717, 1.165) is 5.56 Å². The van der Waals surface area contributed by atoms with Crippen molar-refractivity contribution in [2.24, 2.45) is 0 Å². The maximum atomic E-state index is 14.4. The van der Waals surface area contributed by atoms with Gasteiger partial charge in [-0.3, -0.25) is 15.0 Å². The first kappa shape index (κ1) is 36.0. The van der Waals surface area contributed by atoms with Crippen LogP contribution in [-0.2, 0) is 36.3 Å². The van der Waals surface area contributed by atoms with Gasteiger partial charge in [-0.15, -0.1) is 0 Å². The average Bonchev–Trinajstić information content (AvgIpc) is 3.80. The lowest BCUT2D eigenvalue weighted by atomic mass is 9.81. The van der Waals surface area contributed by atoms with Crippen LogP contribution in [0.3, 0.4) is 0 Å². The minimum atomic E-state index is -4.17. The van der Waals surface area contributed by atoms with Crippen LogP contribution in [0.15, 0.2) is 65.6 Å². The highest BCUT2D eigenvalue weighted by Gasteiger charge is 2.50. The Balaban J connectivity index is 1.34. The number of pyridine rings is 1. The van der Waals surface area contributed by atoms with Gasteiger partial charge in [0.25, 0.3) is 0 Å². The SMILES string of the molecule is COC(=O)N1CC[C@@]2(C1)CN(C(=O)Nc1nc3ccc(OC)nc3s1)c1ccc(S(=O)(=O)N(CCC(=O)OC(C)(C)C)Cc3ccccc3)cc12. The van der Waals surface area contributed by atoms with Gasteiger partial charge in [-0.05, 0) is 62.6 Å². The molecular formula is C35H40N6O8S2. The molecule has 3 amide bonds. The summed E-state index contributed by atoms with van der Waals surface area (Å²) >= 11 is 1.20. The van der Waals surface area contributed by atoms with Gasteiger partial charge in [-0.25, -0.2) is 28.0 Å². The van der Waals surface area contributed by atoms with Crippen molar-refractivity contribution in [2.45, 2.75) is 56.1 Å². The molecule has 51 heavy (non-hydrogen) atoms. The van der Waals surface area contributed by atoms with Crippen molar-refractivity contribution in [3.8, 4) is 5.88 Å². The summed E-state index contributed by atoms with van der Waals surface area (Å²) in [6.07, 6.45) is -0.179. The zero-order valence-corrected chi connectivity index (χ0v) is 30.7. The Hall–Kier alpha value is -4.80. The van der Waals surface area contributed by atoms with E-state index in [2.05, 4.69) is 15.3 Å². The monoisotopic (exact) mass is 736 g/mol. The van der Waals surface area contributed by atoms with Crippen LogP contribution in [0.2, 0.25) is 0 Å². The number of nitrogens with zero attached hydrogens (tertiary/aromatic N) is 5. The first-order valence-electron chi connectivity index (χ1n) is 16.3. The molecule has 0 bridgehead atoms. The Kier molecular flexibility index (Phi) is 9.94. The van der Waals surface area contributed by atoms with Gasteiger partial charge in [-0.2, -0.15) is 4.31 Å². The van der Waals surface area contributed by atoms with E-state index in [1.54, 1.807) is 54.8 Å². The summed E-state index contributed by atoms with van der Waals surface area (Å²) in [5.41, 5.74) is 0.994. The normalized spacial score (nSPS) is 17.2. The molecule has 0 unspecified atom stereocenters. The molecule has 2 aliphatic heterocycles. The quantitative estimate of drug-likeness (QED) is 0.221. The van der Waals surface area contributed by atoms with E-state index in [0.29, 0.717) is 45.6 Å². The highest BCUT2D eigenvalue weighted by Crippen LogP contribution is 2.48. The second-order valence-electron chi connectivity index (χ2n) is 13.5. The molecule has 1 atom stereocenters. The van der Waals surface area contributed by atoms with Crippen molar-refractivity contribution in [1.29, 1.82) is 0 Å². The number of sulfonamides is 1. The van der Waals surface area contributed by atoms with E-state index >= 15 is 0 Å². The van der Waals surface area contributed by atoms with Crippen molar-refractivity contribution < 1.29 is 37.0 Å². The molecule has 4 aromatic rings. The maximum Gasteiger partial charge on any atom is 0.409 e. The van der Waals surface area contributed by atoms with Gasteiger partial charge in [0.15, 0.2) is 5.13 Å². The van der Waals surface area contributed by atoms with E-state index in [1.165, 1.54) is 35.9 Å². The minimum absolute atomic E-state index is 0.00529. The Morgan fingerprint density at radius 2 is 1.78 bits per heavy atom. The molecule has 16 heteroatoms. The second-order valence-corrected chi connectivity index (χ2v) is 16.4. The molecule has 0 saturated carbocycles. The largest absolute Gasteiger partial charge is 0.481 e. The summed E-state index contributed by atoms with van der Waals surface area (Å²) < 4.78 is 45.8. The molecule has 270 valence electrons. The molecule has 0 aliphatic carbocycles. The molecule has 14 nitrogen and oxygen atoms in total. The van der Waals surface area contributed by atoms with Crippen molar-refractivity contribution in [3.63, 3.8) is 0 Å². The molecule has 0 radical (unpaired) electrons. The fraction of sp³-hybridized carbons (Fsp3) is 0.400. The molecular weight excluding hydrogens is 697 g/mol. The number of ether oxygens (including phenoxy) is 3. The Labute approximate surface area is 300 Å². The number of carbonyl (C=O) groups is 3. The number of urea groups is 1. The summed E-state index contributed by atoms with van der Waals surface area (Å²) in [7, 11) is -1.35. The summed E-state index contributed by atoms with van der Waals surface area (Å²) in [5, 5.41) is 3.21.